The van der Waals surface area contributed by atoms with E-state index in [0.717, 1.165) is 36.0 Å². The molecule has 2 aliphatic rings. The monoisotopic (exact) mass is 514 g/mol. The number of rotatable bonds is 7. The molecule has 39 heavy (non-hydrogen) atoms. The molecule has 6 rings (SSSR count). The van der Waals surface area contributed by atoms with Crippen LogP contribution in [-0.2, 0) is 11.8 Å². The molecule has 0 spiro atoms. The number of fused-ring (bicyclic) bond motifs is 3. The van der Waals surface area contributed by atoms with Gasteiger partial charge in [-0.3, -0.25) is 9.97 Å². The summed E-state index contributed by atoms with van der Waals surface area (Å²) in [6.07, 6.45) is 17.1. The summed E-state index contributed by atoms with van der Waals surface area (Å²) in [7, 11) is 4.04. The molecule has 5 nitrogen and oxygen atoms in total. The Bertz CT molecular complexity index is 1640. The Morgan fingerprint density at radius 1 is 1.08 bits per heavy atom. The molecule has 2 unspecified atom stereocenters. The smallest absolute Gasteiger partial charge is 0.136 e. The van der Waals surface area contributed by atoms with Crippen molar-refractivity contribution in [1.82, 2.24) is 19.4 Å². The zero-order chi connectivity index (χ0) is 26.9. The van der Waals surface area contributed by atoms with E-state index in [-0.39, 0.29) is 6.10 Å². The second-order valence-corrected chi connectivity index (χ2v) is 10.7. The maximum absolute atomic E-state index is 6.27. The van der Waals surface area contributed by atoms with Gasteiger partial charge in [-0.25, -0.2) is 0 Å². The summed E-state index contributed by atoms with van der Waals surface area (Å²) in [6, 6.07) is 16.2. The van der Waals surface area contributed by atoms with Crippen molar-refractivity contribution in [2.24, 2.45) is 18.9 Å². The maximum Gasteiger partial charge on any atom is 0.136 e. The zero-order valence-electron chi connectivity index (χ0n) is 22.8. The molecule has 2 atom stereocenters. The van der Waals surface area contributed by atoms with Crippen LogP contribution in [0.15, 0.2) is 91.8 Å². The van der Waals surface area contributed by atoms with Gasteiger partial charge in [-0.05, 0) is 73.9 Å². The lowest BCUT2D eigenvalue weighted by atomic mass is 9.78. The third-order valence-electron chi connectivity index (χ3n) is 8.18. The molecule has 0 saturated heterocycles. The van der Waals surface area contributed by atoms with Crippen molar-refractivity contribution in [3.8, 4) is 23.1 Å². The van der Waals surface area contributed by atoms with Gasteiger partial charge in [0, 0.05) is 72.2 Å². The topological polar surface area (TPSA) is 43.2 Å². The molecule has 0 bridgehead atoms. The lowest BCUT2D eigenvalue weighted by molar-refractivity contribution is 0.00577. The highest BCUT2D eigenvalue weighted by molar-refractivity contribution is 6.08. The molecule has 0 radical (unpaired) electrons. The fraction of sp³-hybridized carbons (Fsp3) is 0.294. The molecule has 0 amide bonds. The van der Waals surface area contributed by atoms with E-state index < -0.39 is 0 Å². The Labute approximate surface area is 230 Å². The minimum atomic E-state index is 0.273. The Balaban J connectivity index is 1.08. The standard InChI is InChI=1S/C34H34N4O/c1-5-7-15-37(3)22-26(8-6-2)39-27-16-25(17-27)29-19-30(29)32-12-10-24(20-36-32)23-9-11-28-31-21-35-14-13-33(31)38(4)34(28)18-23/h5-6,8-14,18,20-22,25,27,29-30H,1,16-17,19H2,2-4H3/b8-6-,26-22+. The van der Waals surface area contributed by atoms with Crippen molar-refractivity contribution in [3.63, 3.8) is 0 Å². The van der Waals surface area contributed by atoms with Crippen LogP contribution in [0.3, 0.4) is 0 Å². The number of nitrogens with zero attached hydrogens (tertiary/aromatic N) is 4. The lowest BCUT2D eigenvalue weighted by Gasteiger charge is -2.36. The highest BCUT2D eigenvalue weighted by atomic mass is 16.5. The van der Waals surface area contributed by atoms with Crippen LogP contribution in [0.1, 0.15) is 37.8 Å². The average molecular weight is 515 g/mol. The number of hydrogen-bond donors (Lipinski definition) is 0. The molecule has 0 N–H and O–H groups in total. The Kier molecular flexibility index (Phi) is 6.70. The maximum atomic E-state index is 6.27. The number of aromatic nitrogens is 3. The minimum Gasteiger partial charge on any atom is -0.489 e. The summed E-state index contributed by atoms with van der Waals surface area (Å²) in [4.78, 5) is 11.0. The van der Waals surface area contributed by atoms with E-state index >= 15 is 0 Å². The van der Waals surface area contributed by atoms with Crippen LogP contribution in [0.4, 0.5) is 0 Å². The second-order valence-electron chi connectivity index (χ2n) is 10.7. The molecule has 0 aliphatic heterocycles. The van der Waals surface area contributed by atoms with E-state index in [1.54, 1.807) is 6.08 Å². The molecule has 2 aliphatic carbocycles. The molecule has 4 aromatic rings. The van der Waals surface area contributed by atoms with E-state index in [1.165, 1.54) is 39.5 Å². The summed E-state index contributed by atoms with van der Waals surface area (Å²) < 4.78 is 8.51. The van der Waals surface area contributed by atoms with Gasteiger partial charge in [-0.2, -0.15) is 0 Å². The van der Waals surface area contributed by atoms with Crippen LogP contribution in [0.25, 0.3) is 32.9 Å². The number of allylic oxidation sites excluding steroid dienone is 3. The number of pyridine rings is 2. The van der Waals surface area contributed by atoms with Gasteiger partial charge in [0.2, 0.25) is 0 Å². The predicted octanol–water partition coefficient (Wildman–Crippen LogP) is 7.18. The largest absolute Gasteiger partial charge is 0.489 e. The molecule has 3 aromatic heterocycles. The summed E-state index contributed by atoms with van der Waals surface area (Å²) in [5, 5.41) is 2.43. The lowest BCUT2D eigenvalue weighted by Crippen LogP contribution is -2.32. The van der Waals surface area contributed by atoms with Crippen molar-refractivity contribution in [2.75, 3.05) is 7.05 Å². The first kappa shape index (κ1) is 25.0. The fourth-order valence-electron chi connectivity index (χ4n) is 6.00. The SMILES string of the molecule is C=CC#CN(C)/C=C(\C=C/C)OC1CC(C2CC2c2ccc(-c3ccc4c5cnccc5n(C)c4c3)cn2)C1. The predicted molar refractivity (Wildman–Crippen MR) is 159 cm³/mol. The van der Waals surface area contributed by atoms with Gasteiger partial charge in [0.15, 0.2) is 0 Å². The molecule has 5 heteroatoms. The summed E-state index contributed by atoms with van der Waals surface area (Å²) in [5.41, 5.74) is 5.99. The first-order valence-electron chi connectivity index (χ1n) is 13.7. The molecule has 1 aromatic carbocycles. The average Bonchev–Trinajstić information content (AvgIpc) is 3.67. The third-order valence-corrected chi connectivity index (χ3v) is 8.18. The van der Waals surface area contributed by atoms with Gasteiger partial charge in [0.05, 0.1) is 17.8 Å². The van der Waals surface area contributed by atoms with Crippen molar-refractivity contribution in [2.45, 2.75) is 38.2 Å². The third kappa shape index (κ3) is 4.95. The van der Waals surface area contributed by atoms with Crippen LogP contribution in [0.2, 0.25) is 0 Å². The summed E-state index contributed by atoms with van der Waals surface area (Å²) >= 11 is 0. The first-order chi connectivity index (χ1) is 19.1. The van der Waals surface area contributed by atoms with E-state index in [1.807, 2.05) is 55.8 Å². The van der Waals surface area contributed by atoms with Crippen molar-refractivity contribution in [1.29, 1.82) is 0 Å². The van der Waals surface area contributed by atoms with E-state index in [0.29, 0.717) is 5.92 Å². The van der Waals surface area contributed by atoms with Gasteiger partial charge in [0.1, 0.15) is 5.76 Å². The molecule has 196 valence electrons. The Hall–Kier alpha value is -4.30. The number of ether oxygens (including phenoxy) is 1. The van der Waals surface area contributed by atoms with Crippen LogP contribution in [-0.4, -0.2) is 32.6 Å². The minimum absolute atomic E-state index is 0.273. The summed E-state index contributed by atoms with van der Waals surface area (Å²) in [6.45, 7) is 5.64. The van der Waals surface area contributed by atoms with Crippen LogP contribution in [0.5, 0.6) is 0 Å². The Morgan fingerprint density at radius 3 is 2.69 bits per heavy atom. The molecule has 2 saturated carbocycles. The van der Waals surface area contributed by atoms with Gasteiger partial charge in [-0.15, -0.1) is 0 Å². The number of aryl methyl sites for hydroxylation is 1. The van der Waals surface area contributed by atoms with E-state index in [4.69, 9.17) is 9.72 Å². The number of hydrogen-bond acceptors (Lipinski definition) is 4. The normalized spacial score (nSPS) is 22.4. The van der Waals surface area contributed by atoms with Crippen molar-refractivity contribution >= 4 is 21.8 Å². The first-order valence-corrected chi connectivity index (χ1v) is 13.7. The Morgan fingerprint density at radius 2 is 1.92 bits per heavy atom. The van der Waals surface area contributed by atoms with Crippen molar-refractivity contribution in [3.05, 3.63) is 97.4 Å². The summed E-state index contributed by atoms with van der Waals surface area (Å²) in [5.74, 6) is 5.72. The molecule has 2 fully saturated rings. The van der Waals surface area contributed by atoms with E-state index in [9.17, 15) is 0 Å². The van der Waals surface area contributed by atoms with Crippen LogP contribution in [0, 0.1) is 23.8 Å². The highest BCUT2D eigenvalue weighted by Gasteiger charge is 2.49. The van der Waals surface area contributed by atoms with Gasteiger partial charge in [0.25, 0.3) is 0 Å². The zero-order valence-corrected chi connectivity index (χ0v) is 22.8. The molecule has 3 heterocycles. The molecular weight excluding hydrogens is 480 g/mol. The second kappa shape index (κ2) is 10.5. The van der Waals surface area contributed by atoms with E-state index in [2.05, 4.69) is 71.5 Å². The fourth-order valence-corrected chi connectivity index (χ4v) is 6.00. The molecular formula is C34H34N4O. The van der Waals surface area contributed by atoms with Crippen LogP contribution >= 0.6 is 0 Å². The van der Waals surface area contributed by atoms with Gasteiger partial charge in [-0.1, -0.05) is 36.8 Å². The van der Waals surface area contributed by atoms with Crippen LogP contribution < -0.4 is 0 Å². The van der Waals surface area contributed by atoms with Gasteiger partial charge < -0.3 is 14.2 Å². The highest BCUT2D eigenvalue weighted by Crippen LogP contribution is 2.57. The number of benzene rings is 1. The van der Waals surface area contributed by atoms with Gasteiger partial charge >= 0.3 is 0 Å². The quantitative estimate of drug-likeness (QED) is 0.113. The van der Waals surface area contributed by atoms with Crippen molar-refractivity contribution < 1.29 is 4.74 Å².